The maximum atomic E-state index is 12.7. The fourth-order valence-corrected chi connectivity index (χ4v) is 3.03. The van der Waals surface area contributed by atoms with Crippen molar-refractivity contribution < 1.29 is 14.3 Å². The van der Waals surface area contributed by atoms with E-state index >= 15 is 0 Å². The van der Waals surface area contributed by atoms with Crippen LogP contribution in [0.2, 0.25) is 0 Å². The predicted octanol–water partition coefficient (Wildman–Crippen LogP) is 3.42. The molecule has 0 aliphatic carbocycles. The summed E-state index contributed by atoms with van der Waals surface area (Å²) in [6, 6.07) is 9.45. The van der Waals surface area contributed by atoms with Crippen molar-refractivity contribution in [2.45, 2.75) is 33.9 Å². The number of rotatable bonds is 8. The fraction of sp³-hybridized carbons (Fsp3) is 0.450. The van der Waals surface area contributed by atoms with E-state index < -0.39 is 0 Å². The summed E-state index contributed by atoms with van der Waals surface area (Å²) in [6.45, 7) is 8.85. The first kappa shape index (κ1) is 19.1. The molecule has 0 bridgehead atoms. The van der Waals surface area contributed by atoms with Crippen LogP contribution in [0.25, 0.3) is 0 Å². The fourth-order valence-electron chi connectivity index (χ4n) is 3.03. The molecule has 0 saturated carbocycles. The largest absolute Gasteiger partial charge is 0.491 e. The zero-order chi connectivity index (χ0) is 18.4. The molecule has 1 aromatic heterocycles. The molecule has 0 aliphatic rings. The Balaban J connectivity index is 2.08. The average molecular weight is 344 g/mol. The van der Waals surface area contributed by atoms with Crippen LogP contribution in [0.4, 0.5) is 0 Å². The lowest BCUT2D eigenvalue weighted by atomic mass is 10.1. The van der Waals surface area contributed by atoms with E-state index in [1.165, 1.54) is 17.0 Å². The van der Waals surface area contributed by atoms with Gasteiger partial charge in [0.25, 0.3) is 5.91 Å². The quantitative estimate of drug-likeness (QED) is 0.689. The van der Waals surface area contributed by atoms with Crippen molar-refractivity contribution in [3.05, 3.63) is 52.8 Å². The van der Waals surface area contributed by atoms with E-state index in [4.69, 9.17) is 9.47 Å². The Morgan fingerprint density at radius 3 is 2.60 bits per heavy atom. The lowest BCUT2D eigenvalue weighted by Crippen LogP contribution is -2.26. The highest BCUT2D eigenvalue weighted by atomic mass is 16.5. The van der Waals surface area contributed by atoms with Crippen molar-refractivity contribution in [2.75, 3.05) is 27.4 Å². The number of aromatic nitrogens is 1. The molecule has 2 aromatic rings. The van der Waals surface area contributed by atoms with E-state index in [0.29, 0.717) is 31.1 Å². The van der Waals surface area contributed by atoms with Gasteiger partial charge in [-0.15, -0.1) is 0 Å². The Bertz CT molecular complexity index is 722. The molecule has 0 N–H and O–H groups in total. The van der Waals surface area contributed by atoms with E-state index in [1.807, 2.05) is 25.2 Å². The molecule has 1 aromatic carbocycles. The number of aryl methyl sites for hydroxylation is 1. The van der Waals surface area contributed by atoms with Gasteiger partial charge in [-0.25, -0.2) is 0 Å². The van der Waals surface area contributed by atoms with Crippen LogP contribution in [0.1, 0.15) is 34.2 Å². The van der Waals surface area contributed by atoms with Gasteiger partial charge in [0.2, 0.25) is 0 Å². The van der Waals surface area contributed by atoms with Gasteiger partial charge in [-0.1, -0.05) is 6.07 Å². The summed E-state index contributed by atoms with van der Waals surface area (Å²) in [5, 5.41) is 0. The minimum atomic E-state index is -0.0153. The molecule has 0 spiro atoms. The van der Waals surface area contributed by atoms with Gasteiger partial charge in [0.1, 0.15) is 12.4 Å². The van der Waals surface area contributed by atoms with Crippen LogP contribution in [0.5, 0.6) is 5.75 Å². The second kappa shape index (κ2) is 8.72. The number of nitrogens with zero attached hydrogens (tertiary/aromatic N) is 2. The molecule has 0 fully saturated rings. The van der Waals surface area contributed by atoms with Crippen LogP contribution in [-0.2, 0) is 17.8 Å². The highest BCUT2D eigenvalue weighted by molar-refractivity contribution is 5.94. The average Bonchev–Trinajstić information content (AvgIpc) is 2.87. The maximum Gasteiger partial charge on any atom is 0.254 e. The second-order valence-electron chi connectivity index (χ2n) is 6.17. The van der Waals surface area contributed by atoms with Gasteiger partial charge in [0.05, 0.1) is 6.61 Å². The van der Waals surface area contributed by atoms with E-state index in [9.17, 15) is 4.79 Å². The smallest absolute Gasteiger partial charge is 0.254 e. The van der Waals surface area contributed by atoms with Gasteiger partial charge in [-0.2, -0.15) is 0 Å². The molecule has 0 radical (unpaired) electrons. The van der Waals surface area contributed by atoms with Crippen molar-refractivity contribution in [2.24, 2.45) is 0 Å². The van der Waals surface area contributed by atoms with Crippen LogP contribution in [0, 0.1) is 13.8 Å². The Hall–Kier alpha value is -2.27. The Morgan fingerprint density at radius 2 is 1.96 bits per heavy atom. The van der Waals surface area contributed by atoms with Crippen molar-refractivity contribution in [3.63, 3.8) is 0 Å². The second-order valence-corrected chi connectivity index (χ2v) is 6.17. The van der Waals surface area contributed by atoms with E-state index in [0.717, 1.165) is 6.54 Å². The number of hydrogen-bond donors (Lipinski definition) is 0. The first-order valence-electron chi connectivity index (χ1n) is 8.60. The third-order valence-electron chi connectivity index (χ3n) is 4.39. The van der Waals surface area contributed by atoms with Crippen LogP contribution >= 0.6 is 0 Å². The molecule has 0 saturated heterocycles. The maximum absolute atomic E-state index is 12.7. The minimum Gasteiger partial charge on any atom is -0.491 e. The molecule has 25 heavy (non-hydrogen) atoms. The third kappa shape index (κ3) is 4.63. The topological polar surface area (TPSA) is 43.7 Å². The lowest BCUT2D eigenvalue weighted by molar-refractivity contribution is 0.0784. The van der Waals surface area contributed by atoms with Crippen LogP contribution < -0.4 is 4.74 Å². The summed E-state index contributed by atoms with van der Waals surface area (Å²) in [5.41, 5.74) is 4.25. The molecule has 2 rings (SSSR count). The Morgan fingerprint density at radius 1 is 1.20 bits per heavy atom. The molecular formula is C20H28N2O3. The minimum absolute atomic E-state index is 0.0153. The zero-order valence-electron chi connectivity index (χ0n) is 15.8. The highest BCUT2D eigenvalue weighted by Gasteiger charge is 2.16. The SMILES string of the molecule is CCn1c(C)cc(CN(C)C(=O)c2cccc(OCCOC)c2)c1C. The number of methoxy groups -OCH3 is 1. The number of benzene rings is 1. The molecule has 0 atom stereocenters. The number of ether oxygens (including phenoxy) is 2. The summed E-state index contributed by atoms with van der Waals surface area (Å²) in [7, 11) is 3.46. The molecule has 5 heteroatoms. The summed E-state index contributed by atoms with van der Waals surface area (Å²) >= 11 is 0. The Kier molecular flexibility index (Phi) is 6.65. The number of amides is 1. The van der Waals surface area contributed by atoms with Gasteiger partial charge in [-0.3, -0.25) is 4.79 Å². The number of hydrogen-bond acceptors (Lipinski definition) is 3. The summed E-state index contributed by atoms with van der Waals surface area (Å²) in [4.78, 5) is 14.5. The Labute approximate surface area is 150 Å². The molecule has 1 heterocycles. The van der Waals surface area contributed by atoms with Crippen molar-refractivity contribution in [3.8, 4) is 5.75 Å². The normalized spacial score (nSPS) is 10.8. The molecule has 1 amide bonds. The highest BCUT2D eigenvalue weighted by Crippen LogP contribution is 2.19. The molecule has 136 valence electrons. The van der Waals surface area contributed by atoms with Crippen LogP contribution in [0.15, 0.2) is 30.3 Å². The van der Waals surface area contributed by atoms with E-state index in [2.05, 4.69) is 31.4 Å². The lowest BCUT2D eigenvalue weighted by Gasteiger charge is -2.18. The van der Waals surface area contributed by atoms with E-state index in [-0.39, 0.29) is 5.91 Å². The summed E-state index contributed by atoms with van der Waals surface area (Å²) in [5.74, 6) is 0.666. The zero-order valence-corrected chi connectivity index (χ0v) is 15.8. The predicted molar refractivity (Wildman–Crippen MR) is 99.2 cm³/mol. The molecule has 0 unspecified atom stereocenters. The van der Waals surface area contributed by atoms with Gasteiger partial charge in [0.15, 0.2) is 0 Å². The van der Waals surface area contributed by atoms with Crippen LogP contribution in [0.3, 0.4) is 0 Å². The van der Waals surface area contributed by atoms with Crippen molar-refractivity contribution >= 4 is 5.91 Å². The standard InChI is InChI=1S/C20H28N2O3/c1-6-22-15(2)12-18(16(22)3)14-21(4)20(23)17-8-7-9-19(13-17)25-11-10-24-5/h7-9,12-13H,6,10-11,14H2,1-5H3. The molecule has 0 aliphatic heterocycles. The third-order valence-corrected chi connectivity index (χ3v) is 4.39. The van der Waals surface area contributed by atoms with Gasteiger partial charge in [-0.05, 0) is 50.6 Å². The monoisotopic (exact) mass is 344 g/mol. The summed E-state index contributed by atoms with van der Waals surface area (Å²) in [6.07, 6.45) is 0. The van der Waals surface area contributed by atoms with E-state index in [1.54, 1.807) is 18.1 Å². The number of carbonyl (C=O) groups excluding carboxylic acids is 1. The van der Waals surface area contributed by atoms with Crippen LogP contribution in [-0.4, -0.2) is 42.7 Å². The summed E-state index contributed by atoms with van der Waals surface area (Å²) < 4.78 is 12.8. The molecule has 5 nitrogen and oxygen atoms in total. The first-order chi connectivity index (χ1) is 12.0. The van der Waals surface area contributed by atoms with Gasteiger partial charge < -0.3 is 18.9 Å². The number of carbonyl (C=O) groups is 1. The van der Waals surface area contributed by atoms with Gasteiger partial charge in [0, 0.05) is 44.2 Å². The van der Waals surface area contributed by atoms with Crippen molar-refractivity contribution in [1.82, 2.24) is 9.47 Å². The van der Waals surface area contributed by atoms with Crippen molar-refractivity contribution in [1.29, 1.82) is 0 Å². The first-order valence-corrected chi connectivity index (χ1v) is 8.60. The molecular weight excluding hydrogens is 316 g/mol. The van der Waals surface area contributed by atoms with Gasteiger partial charge >= 0.3 is 0 Å².